The number of benzene rings is 1. The molecule has 3 N–H and O–H groups in total. The van der Waals surface area contributed by atoms with Crippen LogP contribution in [0, 0.1) is 5.82 Å². The van der Waals surface area contributed by atoms with Gasteiger partial charge in [0.15, 0.2) is 5.82 Å². The zero-order valence-electron chi connectivity index (χ0n) is 9.15. The number of hydrogen-bond donors (Lipinski definition) is 2. The number of nitrogens with one attached hydrogen (secondary N) is 1. The van der Waals surface area contributed by atoms with Crippen molar-refractivity contribution in [1.82, 2.24) is 4.98 Å². The van der Waals surface area contributed by atoms with Crippen LogP contribution in [0.15, 0.2) is 36.7 Å². The standard InChI is InChI=1S/C12H9ClFN3O/c13-8-2-1-7(5-10(8)15)12(18)17-11-3-4-16-6-9(11)14/h1-6H,15H2,(H,16,17,18). The van der Waals surface area contributed by atoms with Crippen LogP contribution in [0.1, 0.15) is 10.4 Å². The fraction of sp³-hybridized carbons (Fsp3) is 0. The molecule has 92 valence electrons. The molecule has 2 rings (SSSR count). The van der Waals surface area contributed by atoms with Crippen molar-refractivity contribution in [3.8, 4) is 0 Å². The molecule has 4 nitrogen and oxygen atoms in total. The Morgan fingerprint density at radius 3 is 2.83 bits per heavy atom. The fourth-order valence-electron chi connectivity index (χ4n) is 1.36. The van der Waals surface area contributed by atoms with Gasteiger partial charge >= 0.3 is 0 Å². The first-order valence-corrected chi connectivity index (χ1v) is 5.41. The summed E-state index contributed by atoms with van der Waals surface area (Å²) < 4.78 is 13.3. The summed E-state index contributed by atoms with van der Waals surface area (Å²) in [5.41, 5.74) is 6.23. The summed E-state index contributed by atoms with van der Waals surface area (Å²) in [5, 5.41) is 2.78. The molecule has 2 aromatic rings. The average molecular weight is 266 g/mol. The van der Waals surface area contributed by atoms with Crippen LogP contribution in [0.3, 0.4) is 0 Å². The van der Waals surface area contributed by atoms with E-state index in [4.69, 9.17) is 17.3 Å². The Kier molecular flexibility index (Phi) is 3.43. The first-order chi connectivity index (χ1) is 8.58. The van der Waals surface area contributed by atoms with E-state index in [9.17, 15) is 9.18 Å². The molecular weight excluding hydrogens is 257 g/mol. The van der Waals surface area contributed by atoms with E-state index in [-0.39, 0.29) is 5.69 Å². The fourth-order valence-corrected chi connectivity index (χ4v) is 1.47. The summed E-state index contributed by atoms with van der Waals surface area (Å²) in [5.74, 6) is -1.07. The number of aromatic nitrogens is 1. The Labute approximate surface area is 108 Å². The molecule has 1 heterocycles. The van der Waals surface area contributed by atoms with Gasteiger partial charge in [-0.15, -0.1) is 0 Å². The normalized spacial score (nSPS) is 10.1. The van der Waals surface area contributed by atoms with E-state index >= 15 is 0 Å². The van der Waals surface area contributed by atoms with Gasteiger partial charge in [0.05, 0.1) is 22.6 Å². The highest BCUT2D eigenvalue weighted by Crippen LogP contribution is 2.20. The zero-order valence-corrected chi connectivity index (χ0v) is 9.91. The quantitative estimate of drug-likeness (QED) is 0.821. The molecule has 18 heavy (non-hydrogen) atoms. The van der Waals surface area contributed by atoms with E-state index in [1.165, 1.54) is 30.5 Å². The van der Waals surface area contributed by atoms with Gasteiger partial charge in [0, 0.05) is 11.8 Å². The minimum Gasteiger partial charge on any atom is -0.398 e. The van der Waals surface area contributed by atoms with E-state index in [1.54, 1.807) is 0 Å². The van der Waals surface area contributed by atoms with Crippen molar-refractivity contribution < 1.29 is 9.18 Å². The number of carbonyl (C=O) groups is 1. The predicted molar refractivity (Wildman–Crippen MR) is 68.0 cm³/mol. The third-order valence-corrected chi connectivity index (χ3v) is 2.62. The second-order valence-corrected chi connectivity index (χ2v) is 3.95. The zero-order chi connectivity index (χ0) is 13.1. The number of rotatable bonds is 2. The summed E-state index contributed by atoms with van der Waals surface area (Å²) in [6, 6.07) is 5.81. The van der Waals surface area contributed by atoms with Gasteiger partial charge < -0.3 is 11.1 Å². The van der Waals surface area contributed by atoms with Gasteiger partial charge in [-0.1, -0.05) is 11.6 Å². The smallest absolute Gasteiger partial charge is 0.255 e. The van der Waals surface area contributed by atoms with Crippen LogP contribution in [-0.2, 0) is 0 Å². The Morgan fingerprint density at radius 2 is 2.17 bits per heavy atom. The summed E-state index contributed by atoms with van der Waals surface area (Å²) in [6.07, 6.45) is 2.40. The molecule has 0 spiro atoms. The monoisotopic (exact) mass is 265 g/mol. The highest BCUT2D eigenvalue weighted by molar-refractivity contribution is 6.33. The molecule has 0 aliphatic heterocycles. The largest absolute Gasteiger partial charge is 0.398 e. The number of nitrogens with zero attached hydrogens (tertiary/aromatic N) is 1. The average Bonchev–Trinajstić information content (AvgIpc) is 2.35. The Bertz CT molecular complexity index is 604. The SMILES string of the molecule is Nc1cc(C(=O)Nc2ccncc2F)ccc1Cl. The van der Waals surface area contributed by atoms with E-state index < -0.39 is 11.7 Å². The van der Waals surface area contributed by atoms with Crippen LogP contribution in [0.5, 0.6) is 0 Å². The molecule has 0 aliphatic rings. The van der Waals surface area contributed by atoms with Crippen LogP contribution in [0.4, 0.5) is 15.8 Å². The van der Waals surface area contributed by atoms with Crippen LogP contribution < -0.4 is 11.1 Å². The topological polar surface area (TPSA) is 68.0 Å². The van der Waals surface area contributed by atoms with Crippen LogP contribution in [-0.4, -0.2) is 10.9 Å². The number of nitrogens with two attached hydrogens (primary N) is 1. The summed E-state index contributed by atoms with van der Waals surface area (Å²) in [4.78, 5) is 15.4. The lowest BCUT2D eigenvalue weighted by Gasteiger charge is -2.07. The number of hydrogen-bond acceptors (Lipinski definition) is 3. The summed E-state index contributed by atoms with van der Waals surface area (Å²) >= 11 is 5.75. The first kappa shape index (κ1) is 12.3. The highest BCUT2D eigenvalue weighted by Gasteiger charge is 2.10. The Hall–Kier alpha value is -2.14. The lowest BCUT2D eigenvalue weighted by molar-refractivity contribution is 0.102. The van der Waals surface area contributed by atoms with Crippen molar-refractivity contribution in [1.29, 1.82) is 0 Å². The molecule has 0 aliphatic carbocycles. The van der Waals surface area contributed by atoms with Gasteiger partial charge in [-0.05, 0) is 24.3 Å². The van der Waals surface area contributed by atoms with Crippen LogP contribution >= 0.6 is 11.6 Å². The molecule has 1 aromatic carbocycles. The Morgan fingerprint density at radius 1 is 1.39 bits per heavy atom. The Balaban J connectivity index is 2.22. The van der Waals surface area contributed by atoms with Crippen molar-refractivity contribution in [3.63, 3.8) is 0 Å². The summed E-state index contributed by atoms with van der Waals surface area (Å²) in [7, 11) is 0. The number of amides is 1. The number of nitrogen functional groups attached to an aromatic ring is 1. The second-order valence-electron chi connectivity index (χ2n) is 3.55. The third kappa shape index (κ3) is 2.57. The molecule has 6 heteroatoms. The second kappa shape index (κ2) is 5.01. The van der Waals surface area contributed by atoms with Crippen molar-refractivity contribution in [2.75, 3.05) is 11.1 Å². The lowest BCUT2D eigenvalue weighted by Crippen LogP contribution is -2.13. The number of anilines is 2. The van der Waals surface area contributed by atoms with Crippen molar-refractivity contribution in [2.24, 2.45) is 0 Å². The predicted octanol–water partition coefficient (Wildman–Crippen LogP) is 2.71. The molecule has 0 unspecified atom stereocenters. The molecule has 0 bridgehead atoms. The highest BCUT2D eigenvalue weighted by atomic mass is 35.5. The maximum absolute atomic E-state index is 13.3. The van der Waals surface area contributed by atoms with Gasteiger partial charge in [0.2, 0.25) is 0 Å². The van der Waals surface area contributed by atoms with Crippen LogP contribution in [0.25, 0.3) is 0 Å². The first-order valence-electron chi connectivity index (χ1n) is 5.04. The van der Waals surface area contributed by atoms with E-state index in [2.05, 4.69) is 10.3 Å². The maximum Gasteiger partial charge on any atom is 0.255 e. The van der Waals surface area contributed by atoms with Crippen LogP contribution in [0.2, 0.25) is 5.02 Å². The third-order valence-electron chi connectivity index (χ3n) is 2.28. The molecule has 0 fully saturated rings. The molecule has 1 aromatic heterocycles. The molecular formula is C12H9ClFN3O. The number of pyridine rings is 1. The van der Waals surface area contributed by atoms with E-state index in [0.29, 0.717) is 16.3 Å². The van der Waals surface area contributed by atoms with E-state index in [1.807, 2.05) is 0 Å². The maximum atomic E-state index is 13.3. The number of halogens is 2. The van der Waals surface area contributed by atoms with Crippen molar-refractivity contribution in [2.45, 2.75) is 0 Å². The molecule has 0 saturated carbocycles. The van der Waals surface area contributed by atoms with Crippen molar-refractivity contribution in [3.05, 3.63) is 53.1 Å². The van der Waals surface area contributed by atoms with Gasteiger partial charge in [-0.25, -0.2) is 4.39 Å². The van der Waals surface area contributed by atoms with Gasteiger partial charge in [0.1, 0.15) is 0 Å². The molecule has 1 amide bonds. The van der Waals surface area contributed by atoms with E-state index in [0.717, 1.165) is 6.20 Å². The lowest BCUT2D eigenvalue weighted by atomic mass is 10.2. The van der Waals surface area contributed by atoms with Gasteiger partial charge in [-0.3, -0.25) is 9.78 Å². The van der Waals surface area contributed by atoms with Gasteiger partial charge in [-0.2, -0.15) is 0 Å². The minimum atomic E-state index is -0.604. The molecule has 0 atom stereocenters. The minimum absolute atomic E-state index is 0.0588. The molecule has 0 saturated heterocycles. The summed E-state index contributed by atoms with van der Waals surface area (Å²) in [6.45, 7) is 0. The van der Waals surface area contributed by atoms with Gasteiger partial charge in [0.25, 0.3) is 5.91 Å². The number of carbonyl (C=O) groups excluding carboxylic acids is 1. The van der Waals surface area contributed by atoms with Crippen molar-refractivity contribution >= 4 is 28.9 Å². The molecule has 0 radical (unpaired) electrons.